The molecular formula is C10H9NO. The molecule has 2 rings (SSSR count). The lowest BCUT2D eigenvalue weighted by Crippen LogP contribution is -2.07. The number of hydrogen-bond donors (Lipinski definition) is 0. The average molecular weight is 159 g/mol. The molecule has 1 heterocycles. The van der Waals surface area contributed by atoms with Crippen LogP contribution < -0.4 is 0 Å². The normalized spacial score (nSPS) is 32.5. The zero-order chi connectivity index (χ0) is 8.60. The van der Waals surface area contributed by atoms with Crippen LogP contribution in [0.1, 0.15) is 12.5 Å². The van der Waals surface area contributed by atoms with Crippen molar-refractivity contribution in [2.75, 3.05) is 0 Å². The van der Waals surface area contributed by atoms with E-state index in [-0.39, 0.29) is 6.10 Å². The Hall–Kier alpha value is -1.33. The Kier molecular flexibility index (Phi) is 1.42. The van der Waals surface area contributed by atoms with Crippen molar-refractivity contribution in [1.29, 1.82) is 5.26 Å². The highest BCUT2D eigenvalue weighted by atomic mass is 16.6. The SMILES string of the molecule is CC1OC1(C#N)c1ccccc1. The van der Waals surface area contributed by atoms with Gasteiger partial charge in [0.2, 0.25) is 5.60 Å². The lowest BCUT2D eigenvalue weighted by molar-refractivity contribution is 0.343. The molecule has 1 aliphatic heterocycles. The Balaban J connectivity index is 2.39. The molecule has 60 valence electrons. The van der Waals surface area contributed by atoms with Crippen molar-refractivity contribution in [2.45, 2.75) is 18.6 Å². The number of benzene rings is 1. The van der Waals surface area contributed by atoms with E-state index in [0.29, 0.717) is 0 Å². The molecule has 0 saturated carbocycles. The number of nitriles is 1. The Morgan fingerprint density at radius 2 is 2.00 bits per heavy atom. The Morgan fingerprint density at radius 3 is 2.42 bits per heavy atom. The molecule has 1 fully saturated rings. The van der Waals surface area contributed by atoms with E-state index in [0.717, 1.165) is 5.56 Å². The van der Waals surface area contributed by atoms with Gasteiger partial charge in [-0.2, -0.15) is 5.26 Å². The number of nitrogens with zero attached hydrogens (tertiary/aromatic N) is 1. The summed E-state index contributed by atoms with van der Waals surface area (Å²) >= 11 is 0. The van der Waals surface area contributed by atoms with Gasteiger partial charge in [0.05, 0.1) is 0 Å². The molecule has 12 heavy (non-hydrogen) atoms. The van der Waals surface area contributed by atoms with Crippen LogP contribution in [-0.4, -0.2) is 6.10 Å². The summed E-state index contributed by atoms with van der Waals surface area (Å²) in [4.78, 5) is 0. The van der Waals surface area contributed by atoms with Gasteiger partial charge in [-0.05, 0) is 6.92 Å². The summed E-state index contributed by atoms with van der Waals surface area (Å²) in [5, 5.41) is 8.91. The summed E-state index contributed by atoms with van der Waals surface area (Å²) < 4.78 is 5.28. The van der Waals surface area contributed by atoms with Gasteiger partial charge in [-0.25, -0.2) is 0 Å². The molecule has 0 aliphatic carbocycles. The summed E-state index contributed by atoms with van der Waals surface area (Å²) in [6.07, 6.45) is 0.0323. The van der Waals surface area contributed by atoms with Crippen LogP contribution in [0.2, 0.25) is 0 Å². The molecule has 1 aromatic carbocycles. The highest BCUT2D eigenvalue weighted by Gasteiger charge is 2.55. The molecule has 0 radical (unpaired) electrons. The van der Waals surface area contributed by atoms with Crippen molar-refractivity contribution in [3.05, 3.63) is 35.9 Å². The van der Waals surface area contributed by atoms with Crippen molar-refractivity contribution >= 4 is 0 Å². The minimum Gasteiger partial charge on any atom is -0.346 e. The second-order valence-corrected chi connectivity index (χ2v) is 2.97. The molecule has 2 unspecified atom stereocenters. The van der Waals surface area contributed by atoms with E-state index in [1.165, 1.54) is 0 Å². The maximum atomic E-state index is 8.91. The standard InChI is InChI=1S/C10H9NO/c1-8-10(7-11,12-8)9-5-3-2-4-6-9/h2-6,8H,1H3. The van der Waals surface area contributed by atoms with Crippen molar-refractivity contribution in [1.82, 2.24) is 0 Å². The van der Waals surface area contributed by atoms with E-state index < -0.39 is 5.60 Å². The fourth-order valence-electron chi connectivity index (χ4n) is 1.42. The van der Waals surface area contributed by atoms with Crippen LogP contribution in [0.25, 0.3) is 0 Å². The van der Waals surface area contributed by atoms with Gasteiger partial charge < -0.3 is 4.74 Å². The van der Waals surface area contributed by atoms with E-state index in [1.54, 1.807) is 0 Å². The maximum Gasteiger partial charge on any atom is 0.205 e. The average Bonchev–Trinajstić information content (AvgIpc) is 2.80. The van der Waals surface area contributed by atoms with Gasteiger partial charge in [-0.15, -0.1) is 0 Å². The first kappa shape index (κ1) is 7.33. The molecular weight excluding hydrogens is 150 g/mol. The molecule has 0 bridgehead atoms. The van der Waals surface area contributed by atoms with Crippen LogP contribution in [0.15, 0.2) is 30.3 Å². The highest BCUT2D eigenvalue weighted by Crippen LogP contribution is 2.45. The smallest absolute Gasteiger partial charge is 0.205 e. The molecule has 0 spiro atoms. The fraction of sp³-hybridized carbons (Fsp3) is 0.300. The van der Waals surface area contributed by atoms with Gasteiger partial charge in [-0.3, -0.25) is 0 Å². The van der Waals surface area contributed by atoms with Gasteiger partial charge >= 0.3 is 0 Å². The number of ether oxygens (including phenoxy) is 1. The molecule has 1 aromatic rings. The Labute approximate surface area is 71.4 Å². The largest absolute Gasteiger partial charge is 0.346 e. The third kappa shape index (κ3) is 0.838. The van der Waals surface area contributed by atoms with Crippen molar-refractivity contribution in [2.24, 2.45) is 0 Å². The van der Waals surface area contributed by atoms with Crippen LogP contribution in [0.4, 0.5) is 0 Å². The monoisotopic (exact) mass is 159 g/mol. The van der Waals surface area contributed by atoms with Gasteiger partial charge in [0, 0.05) is 5.56 Å². The lowest BCUT2D eigenvalue weighted by Gasteiger charge is -2.01. The number of epoxide rings is 1. The molecule has 1 aliphatic rings. The third-order valence-corrected chi connectivity index (χ3v) is 2.25. The van der Waals surface area contributed by atoms with Crippen LogP contribution in [0.3, 0.4) is 0 Å². The summed E-state index contributed by atoms with van der Waals surface area (Å²) in [6, 6.07) is 11.8. The first-order chi connectivity index (χ1) is 5.79. The minimum absolute atomic E-state index is 0.0323. The van der Waals surface area contributed by atoms with Crippen LogP contribution in [0.5, 0.6) is 0 Å². The summed E-state index contributed by atoms with van der Waals surface area (Å²) in [7, 11) is 0. The predicted octanol–water partition coefficient (Wildman–Crippen LogP) is 1.82. The van der Waals surface area contributed by atoms with E-state index in [9.17, 15) is 0 Å². The summed E-state index contributed by atoms with van der Waals surface area (Å²) in [6.45, 7) is 1.91. The fourth-order valence-corrected chi connectivity index (χ4v) is 1.42. The van der Waals surface area contributed by atoms with Crippen molar-refractivity contribution in [3.8, 4) is 6.07 Å². The third-order valence-electron chi connectivity index (χ3n) is 2.25. The lowest BCUT2D eigenvalue weighted by atomic mass is 9.98. The predicted molar refractivity (Wildman–Crippen MR) is 44.3 cm³/mol. The second kappa shape index (κ2) is 2.33. The van der Waals surface area contributed by atoms with Crippen LogP contribution in [-0.2, 0) is 10.3 Å². The molecule has 2 heteroatoms. The summed E-state index contributed by atoms with van der Waals surface area (Å²) in [5.74, 6) is 0. The quantitative estimate of drug-likeness (QED) is 0.586. The van der Waals surface area contributed by atoms with Crippen molar-refractivity contribution in [3.63, 3.8) is 0 Å². The minimum atomic E-state index is -0.652. The molecule has 2 atom stereocenters. The number of hydrogen-bond acceptors (Lipinski definition) is 2. The van der Waals surface area contributed by atoms with Gasteiger partial charge in [-0.1, -0.05) is 30.3 Å². The van der Waals surface area contributed by atoms with E-state index in [4.69, 9.17) is 10.00 Å². The zero-order valence-corrected chi connectivity index (χ0v) is 6.82. The highest BCUT2D eigenvalue weighted by molar-refractivity contribution is 5.35. The molecule has 2 nitrogen and oxygen atoms in total. The topological polar surface area (TPSA) is 36.3 Å². The van der Waals surface area contributed by atoms with E-state index >= 15 is 0 Å². The first-order valence-electron chi connectivity index (χ1n) is 3.94. The Bertz CT molecular complexity index is 327. The molecule has 0 N–H and O–H groups in total. The number of rotatable bonds is 1. The van der Waals surface area contributed by atoms with Gasteiger partial charge in [0.15, 0.2) is 0 Å². The van der Waals surface area contributed by atoms with Gasteiger partial charge in [0.25, 0.3) is 0 Å². The van der Waals surface area contributed by atoms with E-state index in [1.807, 2.05) is 37.3 Å². The molecule has 0 aromatic heterocycles. The molecule has 0 amide bonds. The zero-order valence-electron chi connectivity index (χ0n) is 6.82. The first-order valence-corrected chi connectivity index (χ1v) is 3.94. The summed E-state index contributed by atoms with van der Waals surface area (Å²) in [5.41, 5.74) is 0.307. The second-order valence-electron chi connectivity index (χ2n) is 2.97. The van der Waals surface area contributed by atoms with Crippen molar-refractivity contribution < 1.29 is 4.74 Å². The van der Waals surface area contributed by atoms with Crippen LogP contribution in [0, 0.1) is 11.3 Å². The van der Waals surface area contributed by atoms with Gasteiger partial charge in [0.1, 0.15) is 12.2 Å². The van der Waals surface area contributed by atoms with E-state index in [2.05, 4.69) is 6.07 Å². The maximum absolute atomic E-state index is 8.91. The van der Waals surface area contributed by atoms with Crippen LogP contribution >= 0.6 is 0 Å². The molecule has 1 saturated heterocycles. The Morgan fingerprint density at radius 1 is 1.42 bits per heavy atom.